The summed E-state index contributed by atoms with van der Waals surface area (Å²) < 4.78 is 19.1. The number of aromatic nitrogens is 2. The Morgan fingerprint density at radius 1 is 1.30 bits per heavy atom. The summed E-state index contributed by atoms with van der Waals surface area (Å²) in [6.07, 6.45) is 1.95. The van der Waals surface area contributed by atoms with Crippen LogP contribution in [0, 0.1) is 6.92 Å². The van der Waals surface area contributed by atoms with Crippen LogP contribution in [0.5, 0.6) is 5.88 Å². The molecule has 33 heavy (non-hydrogen) atoms. The third-order valence-electron chi connectivity index (χ3n) is 4.92. The van der Waals surface area contributed by atoms with E-state index in [1.54, 1.807) is 12.1 Å². The third-order valence-corrected chi connectivity index (χ3v) is 4.92. The zero-order valence-electron chi connectivity index (χ0n) is 18.7. The number of nitrogens with one attached hydrogen (secondary N) is 1. The molecule has 178 valence electrons. The monoisotopic (exact) mass is 630 g/mol. The second-order valence-corrected chi connectivity index (χ2v) is 8.32. The maximum Gasteiger partial charge on any atom is 0.338 e. The molecular weight excluding hydrogens is 603 g/mol. The Balaban J connectivity index is 0.00000272. The topological polar surface area (TPSA) is 159 Å². The van der Waals surface area contributed by atoms with Gasteiger partial charge in [0, 0.05) is 33.3 Å². The molecule has 1 aromatic carbocycles. The van der Waals surface area contributed by atoms with Gasteiger partial charge in [-0.25, -0.2) is 14.2 Å². The van der Waals surface area contributed by atoms with Crippen molar-refractivity contribution >= 4 is 17.7 Å². The molecule has 1 aliphatic carbocycles. The molecule has 9 nitrogen and oxygen atoms in total. The molecule has 1 heterocycles. The number of ether oxygens (including phenoxy) is 1. The van der Waals surface area contributed by atoms with E-state index in [0.29, 0.717) is 24.6 Å². The van der Waals surface area contributed by atoms with E-state index in [2.05, 4.69) is 15.3 Å². The third kappa shape index (κ3) is 6.36. The van der Waals surface area contributed by atoms with Crippen molar-refractivity contribution in [1.82, 2.24) is 15.3 Å². The largest absolute Gasteiger partial charge is 0.493 e. The normalized spacial score (nSPS) is 15.1. The van der Waals surface area contributed by atoms with Crippen molar-refractivity contribution in [2.24, 2.45) is 5.73 Å². The molecule has 0 bridgehead atoms. The molecule has 1 aromatic heterocycles. The predicted octanol–water partition coefficient (Wildman–Crippen LogP) is 2.26. The van der Waals surface area contributed by atoms with Crippen LogP contribution in [0.3, 0.4) is 0 Å². The standard InChI is InChI=1S/C22H25FN4O4.H2O.W/c1-11-12-7-8-16(14(12)6-5-13(11)21(30)31-22(2,3)4)26-20(29)17-9-18(28)27-19(25-17)15(23)10-24;;/h5-6,9-10,16H,7-8,24H2,1-4H3,(H,26,29)(H,25,27,28);1H2;/b15-10+;;. The van der Waals surface area contributed by atoms with Crippen LogP contribution in [0.4, 0.5) is 4.39 Å². The van der Waals surface area contributed by atoms with Crippen LogP contribution < -0.4 is 11.1 Å². The van der Waals surface area contributed by atoms with Gasteiger partial charge < -0.3 is 26.4 Å². The molecule has 0 spiro atoms. The second-order valence-electron chi connectivity index (χ2n) is 8.32. The van der Waals surface area contributed by atoms with Crippen molar-refractivity contribution in [2.45, 2.75) is 52.2 Å². The van der Waals surface area contributed by atoms with Gasteiger partial charge in [-0.2, -0.15) is 4.98 Å². The van der Waals surface area contributed by atoms with E-state index in [1.807, 2.05) is 27.7 Å². The van der Waals surface area contributed by atoms with Crippen LogP contribution in [0.2, 0.25) is 0 Å². The Morgan fingerprint density at radius 2 is 1.97 bits per heavy atom. The van der Waals surface area contributed by atoms with Crippen LogP contribution in [-0.2, 0) is 32.2 Å². The van der Waals surface area contributed by atoms with Crippen LogP contribution in [0.15, 0.2) is 24.4 Å². The number of carbonyl (C=O) groups excluding carboxylic acids is 2. The van der Waals surface area contributed by atoms with Gasteiger partial charge in [-0.3, -0.25) is 4.79 Å². The predicted molar refractivity (Wildman–Crippen MR) is 115 cm³/mol. The smallest absolute Gasteiger partial charge is 0.338 e. The molecule has 6 N–H and O–H groups in total. The number of nitrogens with two attached hydrogens (primary N) is 1. The summed E-state index contributed by atoms with van der Waals surface area (Å²) in [5.74, 6) is -2.95. The van der Waals surface area contributed by atoms with Gasteiger partial charge in [0.15, 0.2) is 11.7 Å². The number of hydrogen-bond acceptors (Lipinski definition) is 7. The zero-order chi connectivity index (χ0) is 22.9. The Hall–Kier alpha value is -2.84. The molecule has 0 aliphatic heterocycles. The number of hydrogen-bond donors (Lipinski definition) is 3. The fourth-order valence-corrected chi connectivity index (χ4v) is 3.55. The van der Waals surface area contributed by atoms with E-state index in [9.17, 15) is 19.1 Å². The van der Waals surface area contributed by atoms with E-state index in [-0.39, 0.29) is 44.2 Å². The molecule has 1 aliphatic rings. The molecule has 1 amide bonds. The van der Waals surface area contributed by atoms with Crippen molar-refractivity contribution < 1.29 is 50.4 Å². The van der Waals surface area contributed by atoms with Crippen molar-refractivity contribution in [3.8, 4) is 5.88 Å². The number of nitrogens with zero attached hydrogens (tertiary/aromatic N) is 2. The first kappa shape index (κ1) is 28.2. The number of carbonyl (C=O) groups is 2. The van der Waals surface area contributed by atoms with Crippen LogP contribution in [0.25, 0.3) is 5.83 Å². The summed E-state index contributed by atoms with van der Waals surface area (Å²) in [4.78, 5) is 32.5. The average molecular weight is 630 g/mol. The second kappa shape index (κ2) is 10.9. The first-order valence-corrected chi connectivity index (χ1v) is 9.82. The van der Waals surface area contributed by atoms with Crippen LogP contribution in [0.1, 0.15) is 76.6 Å². The minimum absolute atomic E-state index is 0. The quantitative estimate of drug-likeness (QED) is 0.438. The number of esters is 1. The van der Waals surface area contributed by atoms with Crippen molar-refractivity contribution in [3.63, 3.8) is 0 Å². The molecule has 1 unspecified atom stereocenters. The van der Waals surface area contributed by atoms with E-state index < -0.39 is 29.0 Å². The van der Waals surface area contributed by atoms with E-state index >= 15 is 0 Å². The van der Waals surface area contributed by atoms with Gasteiger partial charge in [0.05, 0.1) is 11.6 Å². The molecule has 1 atom stereocenters. The number of amides is 1. The maximum absolute atomic E-state index is 13.7. The zero-order valence-corrected chi connectivity index (χ0v) is 21.7. The maximum atomic E-state index is 13.7. The van der Waals surface area contributed by atoms with E-state index in [1.165, 1.54) is 0 Å². The summed E-state index contributed by atoms with van der Waals surface area (Å²) in [5.41, 5.74) is 7.52. The summed E-state index contributed by atoms with van der Waals surface area (Å²) in [5, 5.41) is 12.5. The van der Waals surface area contributed by atoms with E-state index in [4.69, 9.17) is 10.5 Å². The molecule has 0 saturated heterocycles. The summed E-state index contributed by atoms with van der Waals surface area (Å²) >= 11 is 0. The Bertz CT molecular complexity index is 1090. The molecule has 0 saturated carbocycles. The van der Waals surface area contributed by atoms with Gasteiger partial charge in [0.1, 0.15) is 11.3 Å². The van der Waals surface area contributed by atoms with Crippen LogP contribution in [-0.4, -0.2) is 38.0 Å². The van der Waals surface area contributed by atoms with Crippen molar-refractivity contribution in [3.05, 3.63) is 58.2 Å². The molecule has 2 aromatic rings. The summed E-state index contributed by atoms with van der Waals surface area (Å²) in [7, 11) is 0. The molecular formula is C22H27FN4O5W. The number of rotatable bonds is 4. The minimum Gasteiger partial charge on any atom is -0.493 e. The minimum atomic E-state index is -0.957. The van der Waals surface area contributed by atoms with Gasteiger partial charge in [-0.1, -0.05) is 6.07 Å². The average Bonchev–Trinajstić information content (AvgIpc) is 3.09. The summed E-state index contributed by atoms with van der Waals surface area (Å²) in [6, 6.07) is 4.24. The number of aromatic hydroxyl groups is 1. The summed E-state index contributed by atoms with van der Waals surface area (Å²) in [6.45, 7) is 7.29. The molecule has 0 fully saturated rings. The van der Waals surface area contributed by atoms with Crippen molar-refractivity contribution in [2.75, 3.05) is 0 Å². The number of benzene rings is 1. The molecule has 3 rings (SSSR count). The first-order valence-electron chi connectivity index (χ1n) is 9.82. The number of fused-ring (bicyclic) bond motifs is 1. The van der Waals surface area contributed by atoms with Gasteiger partial charge in [0.2, 0.25) is 5.88 Å². The van der Waals surface area contributed by atoms with Crippen molar-refractivity contribution in [1.29, 1.82) is 0 Å². The van der Waals surface area contributed by atoms with Gasteiger partial charge in [0.25, 0.3) is 5.91 Å². The fourth-order valence-electron chi connectivity index (χ4n) is 3.55. The van der Waals surface area contributed by atoms with Gasteiger partial charge >= 0.3 is 5.97 Å². The Morgan fingerprint density at radius 3 is 2.58 bits per heavy atom. The van der Waals surface area contributed by atoms with Gasteiger partial charge in [-0.15, -0.1) is 0 Å². The van der Waals surface area contributed by atoms with Crippen LogP contribution >= 0.6 is 0 Å². The molecule has 0 radical (unpaired) electrons. The Labute approximate surface area is 205 Å². The van der Waals surface area contributed by atoms with Gasteiger partial charge in [-0.05, 0) is 63.3 Å². The first-order chi connectivity index (χ1) is 14.5. The molecule has 11 heteroatoms. The number of halogens is 1. The van der Waals surface area contributed by atoms with E-state index in [0.717, 1.165) is 22.8 Å². The Kier molecular flexibility index (Phi) is 9.27. The fraction of sp³-hybridized carbons (Fsp3) is 0.364. The SMILES string of the molecule is Cc1c(C(=O)OC(C)(C)C)ccc2c1CCC2NC(=O)c1cc(O)nc(/C(F)=C\N)n1.O.[W].